The molecule has 2 aromatic carbocycles. The molecule has 0 atom stereocenters. The van der Waals surface area contributed by atoms with Gasteiger partial charge in [0.05, 0.1) is 5.02 Å². The lowest BCUT2D eigenvalue weighted by Gasteiger charge is -2.36. The molecule has 1 saturated heterocycles. The van der Waals surface area contributed by atoms with Crippen molar-refractivity contribution in [1.82, 2.24) is 4.90 Å². The molecule has 0 bridgehead atoms. The number of nitrogens with zero attached hydrogens (tertiary/aromatic N) is 2. The molecular weight excluding hydrogens is 351 g/mol. The Morgan fingerprint density at radius 1 is 1.12 bits per heavy atom. The third-order valence-corrected chi connectivity index (χ3v) is 5.16. The molecule has 0 aliphatic carbocycles. The number of piperazine rings is 1. The van der Waals surface area contributed by atoms with Crippen LogP contribution in [0.4, 0.5) is 10.1 Å². The van der Waals surface area contributed by atoms with Gasteiger partial charge in [-0.2, -0.15) is 0 Å². The number of carbonyl (C=O) groups excluding carboxylic acids is 1. The Kier molecular flexibility index (Phi) is 5.62. The fraction of sp³-hybridized carbons (Fsp3) is 0.286. The topological polar surface area (TPSA) is 23.6 Å². The molecule has 1 heterocycles. The van der Waals surface area contributed by atoms with Gasteiger partial charge in [-0.05, 0) is 54.8 Å². The minimum Gasteiger partial charge on any atom is -0.368 e. The second kappa shape index (κ2) is 7.92. The van der Waals surface area contributed by atoms with Gasteiger partial charge < -0.3 is 9.80 Å². The summed E-state index contributed by atoms with van der Waals surface area (Å²) in [5, 5.41) is 0.0572. The number of anilines is 1. The Balaban J connectivity index is 1.60. The maximum absolute atomic E-state index is 13.2. The standard InChI is InChI=1S/C21H22ClFN2O/c1-15-4-3-5-20(16(15)2)24-10-12-25(13-11-24)21(26)9-7-17-6-8-19(23)18(22)14-17/h3-9,14H,10-13H2,1-2H3/b9-7+. The third kappa shape index (κ3) is 4.07. The molecule has 1 aliphatic heterocycles. The first-order valence-electron chi connectivity index (χ1n) is 8.69. The number of aryl methyl sites for hydroxylation is 1. The molecule has 1 aliphatic rings. The number of rotatable bonds is 3. The van der Waals surface area contributed by atoms with Gasteiger partial charge in [-0.25, -0.2) is 4.39 Å². The molecule has 3 rings (SSSR count). The number of hydrogen-bond donors (Lipinski definition) is 0. The van der Waals surface area contributed by atoms with Crippen LogP contribution in [0.15, 0.2) is 42.5 Å². The Hall–Kier alpha value is -2.33. The molecule has 136 valence electrons. The summed E-state index contributed by atoms with van der Waals surface area (Å²) in [4.78, 5) is 16.6. The molecule has 0 radical (unpaired) electrons. The zero-order valence-electron chi connectivity index (χ0n) is 15.0. The lowest BCUT2D eigenvalue weighted by molar-refractivity contribution is -0.126. The lowest BCUT2D eigenvalue weighted by Crippen LogP contribution is -2.48. The zero-order valence-corrected chi connectivity index (χ0v) is 15.8. The molecule has 2 aromatic rings. The van der Waals surface area contributed by atoms with Crippen LogP contribution in [0, 0.1) is 19.7 Å². The van der Waals surface area contributed by atoms with Crippen molar-refractivity contribution >= 4 is 29.3 Å². The number of hydrogen-bond acceptors (Lipinski definition) is 2. The van der Waals surface area contributed by atoms with Crippen LogP contribution in [0.5, 0.6) is 0 Å². The van der Waals surface area contributed by atoms with Crippen LogP contribution in [-0.4, -0.2) is 37.0 Å². The Morgan fingerprint density at radius 3 is 2.54 bits per heavy atom. The summed E-state index contributed by atoms with van der Waals surface area (Å²) in [5.74, 6) is -0.497. The Labute approximate surface area is 158 Å². The maximum Gasteiger partial charge on any atom is 0.246 e. The molecule has 0 N–H and O–H groups in total. The molecule has 1 amide bonds. The lowest BCUT2D eigenvalue weighted by atomic mass is 10.1. The van der Waals surface area contributed by atoms with Crippen molar-refractivity contribution < 1.29 is 9.18 Å². The number of benzene rings is 2. The first-order chi connectivity index (χ1) is 12.5. The van der Waals surface area contributed by atoms with Crippen LogP contribution in [0.3, 0.4) is 0 Å². The average molecular weight is 373 g/mol. The molecule has 0 unspecified atom stereocenters. The highest BCUT2D eigenvalue weighted by Gasteiger charge is 2.21. The predicted octanol–water partition coefficient (Wildman–Crippen LogP) is 4.46. The molecule has 0 spiro atoms. The first-order valence-corrected chi connectivity index (χ1v) is 9.06. The fourth-order valence-electron chi connectivity index (χ4n) is 3.13. The van der Waals surface area contributed by atoms with Crippen molar-refractivity contribution in [1.29, 1.82) is 0 Å². The molecule has 1 fully saturated rings. The van der Waals surface area contributed by atoms with Crippen molar-refractivity contribution in [3.8, 4) is 0 Å². The van der Waals surface area contributed by atoms with E-state index in [-0.39, 0.29) is 10.9 Å². The number of amides is 1. The summed E-state index contributed by atoms with van der Waals surface area (Å²) in [7, 11) is 0. The Bertz CT molecular complexity index is 842. The van der Waals surface area contributed by atoms with Crippen molar-refractivity contribution in [3.63, 3.8) is 0 Å². The summed E-state index contributed by atoms with van der Waals surface area (Å²) < 4.78 is 13.2. The largest absolute Gasteiger partial charge is 0.368 e. The second-order valence-corrected chi connectivity index (χ2v) is 6.95. The highest BCUT2D eigenvalue weighted by molar-refractivity contribution is 6.30. The van der Waals surface area contributed by atoms with E-state index >= 15 is 0 Å². The highest BCUT2D eigenvalue weighted by Crippen LogP contribution is 2.24. The summed E-state index contributed by atoms with van der Waals surface area (Å²) in [6, 6.07) is 10.7. The van der Waals surface area contributed by atoms with Gasteiger partial charge in [0.1, 0.15) is 5.82 Å². The molecule has 26 heavy (non-hydrogen) atoms. The number of halogens is 2. The van der Waals surface area contributed by atoms with Crippen molar-refractivity contribution in [3.05, 3.63) is 70.0 Å². The van der Waals surface area contributed by atoms with E-state index in [4.69, 9.17) is 11.6 Å². The van der Waals surface area contributed by atoms with Gasteiger partial charge in [0, 0.05) is 37.9 Å². The van der Waals surface area contributed by atoms with Crippen LogP contribution >= 0.6 is 11.6 Å². The summed E-state index contributed by atoms with van der Waals surface area (Å²) in [6.45, 7) is 7.24. The van der Waals surface area contributed by atoms with E-state index in [1.807, 2.05) is 4.90 Å². The van der Waals surface area contributed by atoms with Gasteiger partial charge >= 0.3 is 0 Å². The predicted molar refractivity (Wildman–Crippen MR) is 105 cm³/mol. The van der Waals surface area contributed by atoms with Crippen LogP contribution in [-0.2, 0) is 4.79 Å². The van der Waals surface area contributed by atoms with Gasteiger partial charge in [0.2, 0.25) is 5.91 Å². The van der Waals surface area contributed by atoms with E-state index in [1.54, 1.807) is 12.1 Å². The summed E-state index contributed by atoms with van der Waals surface area (Å²) in [5.41, 5.74) is 4.52. The van der Waals surface area contributed by atoms with Gasteiger partial charge in [0.15, 0.2) is 0 Å². The highest BCUT2D eigenvalue weighted by atomic mass is 35.5. The van der Waals surface area contributed by atoms with Crippen LogP contribution in [0.1, 0.15) is 16.7 Å². The quantitative estimate of drug-likeness (QED) is 0.743. The van der Waals surface area contributed by atoms with Gasteiger partial charge in [0.25, 0.3) is 0 Å². The monoisotopic (exact) mass is 372 g/mol. The molecule has 0 aromatic heterocycles. The van der Waals surface area contributed by atoms with E-state index < -0.39 is 5.82 Å². The smallest absolute Gasteiger partial charge is 0.246 e. The molecular formula is C21H22ClFN2O. The average Bonchev–Trinajstić information content (AvgIpc) is 2.65. The number of carbonyl (C=O) groups is 1. The van der Waals surface area contributed by atoms with E-state index in [0.29, 0.717) is 18.7 Å². The summed E-state index contributed by atoms with van der Waals surface area (Å²) in [6.07, 6.45) is 3.20. The zero-order chi connectivity index (χ0) is 18.7. The minimum absolute atomic E-state index is 0.0361. The van der Waals surface area contributed by atoms with Gasteiger partial charge in [-0.15, -0.1) is 0 Å². The third-order valence-electron chi connectivity index (χ3n) is 4.87. The second-order valence-electron chi connectivity index (χ2n) is 6.54. The van der Waals surface area contributed by atoms with Crippen LogP contribution in [0.2, 0.25) is 5.02 Å². The maximum atomic E-state index is 13.2. The minimum atomic E-state index is -0.460. The van der Waals surface area contributed by atoms with Crippen molar-refractivity contribution in [2.45, 2.75) is 13.8 Å². The van der Waals surface area contributed by atoms with Crippen LogP contribution < -0.4 is 4.90 Å². The van der Waals surface area contributed by atoms with E-state index in [9.17, 15) is 9.18 Å². The van der Waals surface area contributed by atoms with E-state index in [2.05, 4.69) is 36.9 Å². The van der Waals surface area contributed by atoms with Crippen molar-refractivity contribution in [2.75, 3.05) is 31.1 Å². The Morgan fingerprint density at radius 2 is 1.85 bits per heavy atom. The van der Waals surface area contributed by atoms with Crippen LogP contribution in [0.25, 0.3) is 6.08 Å². The molecule has 0 saturated carbocycles. The first kappa shape index (κ1) is 18.5. The molecule has 3 nitrogen and oxygen atoms in total. The SMILES string of the molecule is Cc1cccc(N2CCN(C(=O)/C=C/c3ccc(F)c(Cl)c3)CC2)c1C. The van der Waals surface area contributed by atoms with Crippen molar-refractivity contribution in [2.24, 2.45) is 0 Å². The summed E-state index contributed by atoms with van der Waals surface area (Å²) >= 11 is 5.77. The fourth-order valence-corrected chi connectivity index (χ4v) is 3.32. The van der Waals surface area contributed by atoms with E-state index in [0.717, 1.165) is 13.1 Å². The van der Waals surface area contributed by atoms with E-state index in [1.165, 1.54) is 35.0 Å². The van der Waals surface area contributed by atoms with Gasteiger partial charge in [-0.3, -0.25) is 4.79 Å². The van der Waals surface area contributed by atoms with Gasteiger partial charge in [-0.1, -0.05) is 29.8 Å². The molecule has 5 heteroatoms. The normalized spacial score (nSPS) is 14.9.